The third kappa shape index (κ3) is 2.49. The first-order valence-corrected chi connectivity index (χ1v) is 5.08. The molecule has 1 aromatic heterocycles. The van der Waals surface area contributed by atoms with E-state index in [2.05, 4.69) is 4.98 Å². The Balaban J connectivity index is 2.27. The van der Waals surface area contributed by atoms with Crippen LogP contribution in [0.5, 0.6) is 11.5 Å². The maximum absolute atomic E-state index is 12.8. The second-order valence-corrected chi connectivity index (χ2v) is 3.76. The van der Waals surface area contributed by atoms with Crippen LogP contribution in [-0.2, 0) is 0 Å². The lowest BCUT2D eigenvalue weighted by atomic mass is 10.2. The number of aryl methyl sites for hydroxylation is 1. The SMILES string of the molecule is Cc1ccc(Oc2ccnc(F)c2)c(Cl)c1. The van der Waals surface area contributed by atoms with E-state index in [1.807, 2.05) is 13.0 Å². The molecular weight excluding hydrogens is 229 g/mol. The molecule has 0 aliphatic heterocycles. The Hall–Kier alpha value is -1.61. The number of rotatable bonds is 2. The van der Waals surface area contributed by atoms with Crippen LogP contribution in [0.15, 0.2) is 36.5 Å². The molecule has 16 heavy (non-hydrogen) atoms. The zero-order chi connectivity index (χ0) is 11.5. The minimum atomic E-state index is -0.583. The van der Waals surface area contributed by atoms with Gasteiger partial charge in [-0.15, -0.1) is 0 Å². The maximum Gasteiger partial charge on any atom is 0.216 e. The van der Waals surface area contributed by atoms with Gasteiger partial charge in [-0.1, -0.05) is 17.7 Å². The van der Waals surface area contributed by atoms with E-state index in [1.54, 1.807) is 18.2 Å². The van der Waals surface area contributed by atoms with Crippen molar-refractivity contribution in [1.82, 2.24) is 4.98 Å². The van der Waals surface area contributed by atoms with Crippen LogP contribution < -0.4 is 4.74 Å². The van der Waals surface area contributed by atoms with Gasteiger partial charge < -0.3 is 4.74 Å². The van der Waals surface area contributed by atoms with Crippen molar-refractivity contribution in [3.8, 4) is 11.5 Å². The lowest BCUT2D eigenvalue weighted by Crippen LogP contribution is -1.88. The van der Waals surface area contributed by atoms with E-state index >= 15 is 0 Å². The number of halogens is 2. The molecule has 0 radical (unpaired) electrons. The van der Waals surface area contributed by atoms with Gasteiger partial charge in [-0.3, -0.25) is 0 Å². The molecule has 4 heteroatoms. The smallest absolute Gasteiger partial charge is 0.216 e. The van der Waals surface area contributed by atoms with E-state index in [-0.39, 0.29) is 0 Å². The van der Waals surface area contributed by atoms with Crippen LogP contribution >= 0.6 is 11.6 Å². The van der Waals surface area contributed by atoms with Gasteiger partial charge in [-0.05, 0) is 30.7 Å². The van der Waals surface area contributed by atoms with Gasteiger partial charge in [-0.25, -0.2) is 4.98 Å². The standard InChI is InChI=1S/C12H9ClFNO/c1-8-2-3-11(10(13)6-8)16-9-4-5-15-12(14)7-9/h2-7H,1H3. The quantitative estimate of drug-likeness (QED) is 0.738. The third-order valence-corrected chi connectivity index (χ3v) is 2.31. The van der Waals surface area contributed by atoms with E-state index in [0.29, 0.717) is 16.5 Å². The van der Waals surface area contributed by atoms with Crippen molar-refractivity contribution >= 4 is 11.6 Å². The Kier molecular flexibility index (Phi) is 3.06. The number of hydrogen-bond donors (Lipinski definition) is 0. The van der Waals surface area contributed by atoms with Crippen molar-refractivity contribution in [2.24, 2.45) is 0 Å². The van der Waals surface area contributed by atoms with Crippen LogP contribution in [0.3, 0.4) is 0 Å². The summed E-state index contributed by atoms with van der Waals surface area (Å²) in [4.78, 5) is 3.44. The van der Waals surface area contributed by atoms with E-state index in [1.165, 1.54) is 12.3 Å². The van der Waals surface area contributed by atoms with Gasteiger partial charge in [0.05, 0.1) is 5.02 Å². The van der Waals surface area contributed by atoms with Crippen LogP contribution in [0.25, 0.3) is 0 Å². The molecule has 0 spiro atoms. The summed E-state index contributed by atoms with van der Waals surface area (Å²) < 4.78 is 18.2. The molecule has 2 rings (SSSR count). The van der Waals surface area contributed by atoms with Crippen molar-refractivity contribution in [2.75, 3.05) is 0 Å². The van der Waals surface area contributed by atoms with Crippen LogP contribution in [-0.4, -0.2) is 4.98 Å². The molecule has 1 heterocycles. The van der Waals surface area contributed by atoms with E-state index in [4.69, 9.17) is 16.3 Å². The van der Waals surface area contributed by atoms with Crippen LogP contribution in [0.4, 0.5) is 4.39 Å². The highest BCUT2D eigenvalue weighted by Gasteiger charge is 2.04. The number of aromatic nitrogens is 1. The summed E-state index contributed by atoms with van der Waals surface area (Å²) >= 11 is 5.98. The van der Waals surface area contributed by atoms with Crippen molar-refractivity contribution in [3.63, 3.8) is 0 Å². The average Bonchev–Trinajstić information content (AvgIpc) is 2.22. The summed E-state index contributed by atoms with van der Waals surface area (Å²) in [6.45, 7) is 1.93. The molecule has 0 amide bonds. The molecule has 0 saturated carbocycles. The predicted molar refractivity (Wildman–Crippen MR) is 60.5 cm³/mol. The summed E-state index contributed by atoms with van der Waals surface area (Å²) in [5, 5.41) is 0.497. The molecule has 0 aliphatic carbocycles. The van der Waals surface area contributed by atoms with E-state index < -0.39 is 5.95 Å². The monoisotopic (exact) mass is 237 g/mol. The number of pyridine rings is 1. The fraction of sp³-hybridized carbons (Fsp3) is 0.0833. The molecule has 0 N–H and O–H groups in total. The molecule has 1 aromatic carbocycles. The molecule has 82 valence electrons. The van der Waals surface area contributed by atoms with Gasteiger partial charge >= 0.3 is 0 Å². The topological polar surface area (TPSA) is 22.1 Å². The summed E-state index contributed by atoms with van der Waals surface area (Å²) in [5.74, 6) is 0.289. The minimum absolute atomic E-state index is 0.373. The highest BCUT2D eigenvalue weighted by molar-refractivity contribution is 6.32. The second-order valence-electron chi connectivity index (χ2n) is 3.35. The highest BCUT2D eigenvalue weighted by Crippen LogP contribution is 2.29. The van der Waals surface area contributed by atoms with Gasteiger partial charge in [0.2, 0.25) is 5.95 Å². The highest BCUT2D eigenvalue weighted by atomic mass is 35.5. The van der Waals surface area contributed by atoms with Crippen LogP contribution in [0.1, 0.15) is 5.56 Å². The first-order chi connectivity index (χ1) is 7.65. The fourth-order valence-electron chi connectivity index (χ4n) is 1.26. The number of hydrogen-bond acceptors (Lipinski definition) is 2. The normalized spacial score (nSPS) is 10.2. The Morgan fingerprint density at radius 3 is 2.75 bits per heavy atom. The summed E-state index contributed by atoms with van der Waals surface area (Å²) in [5.41, 5.74) is 1.04. The van der Waals surface area contributed by atoms with Crippen molar-refractivity contribution in [3.05, 3.63) is 53.1 Å². The van der Waals surface area contributed by atoms with E-state index in [0.717, 1.165) is 5.56 Å². The minimum Gasteiger partial charge on any atom is -0.456 e. The van der Waals surface area contributed by atoms with Crippen molar-refractivity contribution in [1.29, 1.82) is 0 Å². The lowest BCUT2D eigenvalue weighted by Gasteiger charge is -2.07. The second kappa shape index (κ2) is 4.49. The predicted octanol–water partition coefficient (Wildman–Crippen LogP) is 3.97. The first kappa shape index (κ1) is 10.9. The first-order valence-electron chi connectivity index (χ1n) is 4.71. The Morgan fingerprint density at radius 1 is 1.25 bits per heavy atom. The van der Waals surface area contributed by atoms with Gasteiger partial charge in [0.1, 0.15) is 11.5 Å². The zero-order valence-corrected chi connectivity index (χ0v) is 9.33. The Bertz CT molecular complexity index is 516. The Morgan fingerprint density at radius 2 is 2.06 bits per heavy atom. The number of ether oxygens (including phenoxy) is 1. The summed E-state index contributed by atoms with van der Waals surface area (Å²) in [6, 6.07) is 8.18. The number of benzene rings is 1. The molecule has 0 aliphatic rings. The Labute approximate surface area is 97.7 Å². The molecule has 0 saturated heterocycles. The number of nitrogens with zero attached hydrogens (tertiary/aromatic N) is 1. The zero-order valence-electron chi connectivity index (χ0n) is 8.58. The molecule has 0 atom stereocenters. The van der Waals surface area contributed by atoms with Crippen LogP contribution in [0, 0.1) is 12.9 Å². The molecule has 0 fully saturated rings. The van der Waals surface area contributed by atoms with Crippen LogP contribution in [0.2, 0.25) is 5.02 Å². The lowest BCUT2D eigenvalue weighted by molar-refractivity contribution is 0.472. The van der Waals surface area contributed by atoms with Crippen molar-refractivity contribution < 1.29 is 9.13 Å². The molecular formula is C12H9ClFNO. The largest absolute Gasteiger partial charge is 0.456 e. The molecule has 2 aromatic rings. The van der Waals surface area contributed by atoms with E-state index in [9.17, 15) is 4.39 Å². The summed E-state index contributed by atoms with van der Waals surface area (Å²) in [7, 11) is 0. The molecule has 0 unspecified atom stereocenters. The molecule has 2 nitrogen and oxygen atoms in total. The average molecular weight is 238 g/mol. The van der Waals surface area contributed by atoms with Gasteiger partial charge in [0.25, 0.3) is 0 Å². The summed E-state index contributed by atoms with van der Waals surface area (Å²) in [6.07, 6.45) is 1.34. The van der Waals surface area contributed by atoms with Gasteiger partial charge in [0, 0.05) is 12.3 Å². The molecule has 0 bridgehead atoms. The third-order valence-electron chi connectivity index (χ3n) is 2.01. The maximum atomic E-state index is 12.8. The van der Waals surface area contributed by atoms with Gasteiger partial charge in [-0.2, -0.15) is 4.39 Å². The van der Waals surface area contributed by atoms with Gasteiger partial charge in [0.15, 0.2) is 0 Å². The van der Waals surface area contributed by atoms with Crippen molar-refractivity contribution in [2.45, 2.75) is 6.92 Å². The fourth-order valence-corrected chi connectivity index (χ4v) is 1.54.